The fraction of sp³-hybridized carbons (Fsp3) is 0.211. The van der Waals surface area contributed by atoms with Gasteiger partial charge in [0.05, 0.1) is 13.2 Å². The quantitative estimate of drug-likeness (QED) is 0.828. The molecule has 2 aliphatic rings. The molecule has 0 amide bonds. The van der Waals surface area contributed by atoms with E-state index in [4.69, 9.17) is 17.0 Å². The molecule has 0 unspecified atom stereocenters. The van der Waals surface area contributed by atoms with E-state index >= 15 is 0 Å². The van der Waals surface area contributed by atoms with Crippen molar-refractivity contribution < 1.29 is 4.74 Å². The summed E-state index contributed by atoms with van der Waals surface area (Å²) in [7, 11) is 1.71. The van der Waals surface area contributed by atoms with Crippen LogP contribution in [-0.2, 0) is 6.42 Å². The Labute approximate surface area is 141 Å². The molecular weight excluding hydrogens is 304 g/mol. The second-order valence-corrected chi connectivity index (χ2v) is 6.24. The normalized spacial score (nSPS) is 19.3. The van der Waals surface area contributed by atoms with Crippen molar-refractivity contribution in [2.75, 3.05) is 7.11 Å². The van der Waals surface area contributed by atoms with Crippen molar-refractivity contribution in [1.29, 1.82) is 0 Å². The predicted octanol–water partition coefficient (Wildman–Crippen LogP) is 3.57. The molecule has 0 spiro atoms. The summed E-state index contributed by atoms with van der Waals surface area (Å²) in [6.45, 7) is 0. The van der Waals surface area contributed by atoms with Crippen LogP contribution in [0.15, 0.2) is 54.1 Å². The van der Waals surface area contributed by atoms with Crippen LogP contribution >= 0.6 is 12.2 Å². The summed E-state index contributed by atoms with van der Waals surface area (Å²) >= 11 is 5.46. The van der Waals surface area contributed by atoms with Gasteiger partial charge in [0.1, 0.15) is 5.75 Å². The highest BCUT2D eigenvalue weighted by atomic mass is 32.1. The van der Waals surface area contributed by atoms with E-state index in [0.29, 0.717) is 5.11 Å². The smallest absolute Gasteiger partial charge is 0.171 e. The Morgan fingerprint density at radius 2 is 1.83 bits per heavy atom. The Kier molecular flexibility index (Phi) is 3.54. The van der Waals surface area contributed by atoms with Gasteiger partial charge in [0.2, 0.25) is 0 Å². The summed E-state index contributed by atoms with van der Waals surface area (Å²) in [6, 6.07) is 16.8. The maximum Gasteiger partial charge on any atom is 0.171 e. The summed E-state index contributed by atoms with van der Waals surface area (Å²) < 4.78 is 5.56. The van der Waals surface area contributed by atoms with Gasteiger partial charge in [-0.1, -0.05) is 42.5 Å². The van der Waals surface area contributed by atoms with Crippen LogP contribution in [0.2, 0.25) is 0 Å². The predicted molar refractivity (Wildman–Crippen MR) is 96.3 cm³/mol. The zero-order chi connectivity index (χ0) is 15.8. The van der Waals surface area contributed by atoms with Crippen molar-refractivity contribution in [3.63, 3.8) is 0 Å². The number of methoxy groups -OCH3 is 1. The molecule has 23 heavy (non-hydrogen) atoms. The summed E-state index contributed by atoms with van der Waals surface area (Å²) in [5.41, 5.74) is 6.28. The number of para-hydroxylation sites is 1. The number of ether oxygens (including phenoxy) is 1. The first-order valence-electron chi connectivity index (χ1n) is 7.79. The molecule has 1 atom stereocenters. The second-order valence-electron chi connectivity index (χ2n) is 5.83. The lowest BCUT2D eigenvalue weighted by Crippen LogP contribution is -2.44. The molecule has 1 aliphatic heterocycles. The minimum atomic E-state index is 0.0586. The fourth-order valence-electron chi connectivity index (χ4n) is 3.52. The molecule has 1 heterocycles. The highest BCUT2D eigenvalue weighted by molar-refractivity contribution is 7.80. The van der Waals surface area contributed by atoms with Crippen LogP contribution in [0.3, 0.4) is 0 Å². The van der Waals surface area contributed by atoms with Crippen molar-refractivity contribution in [2.45, 2.75) is 18.9 Å². The van der Waals surface area contributed by atoms with Gasteiger partial charge in [-0.2, -0.15) is 0 Å². The third kappa shape index (κ3) is 2.39. The van der Waals surface area contributed by atoms with Crippen molar-refractivity contribution in [3.05, 3.63) is 70.8 Å². The van der Waals surface area contributed by atoms with E-state index < -0.39 is 0 Å². The van der Waals surface area contributed by atoms with Crippen molar-refractivity contribution in [3.8, 4) is 5.75 Å². The average molecular weight is 322 g/mol. The third-order valence-corrected chi connectivity index (χ3v) is 4.80. The average Bonchev–Trinajstić information content (AvgIpc) is 2.61. The number of rotatable bonds is 2. The maximum atomic E-state index is 5.56. The number of thiocarbonyl (C=S) groups is 1. The molecular formula is C19H18N2OS. The van der Waals surface area contributed by atoms with Gasteiger partial charge in [-0.05, 0) is 42.3 Å². The number of benzene rings is 2. The van der Waals surface area contributed by atoms with Crippen molar-refractivity contribution in [2.24, 2.45) is 0 Å². The molecule has 0 aromatic heterocycles. The van der Waals surface area contributed by atoms with Crippen LogP contribution in [0.25, 0.3) is 5.70 Å². The lowest BCUT2D eigenvalue weighted by Gasteiger charge is -2.36. The summed E-state index contributed by atoms with van der Waals surface area (Å²) in [5, 5.41) is 7.45. The Hall–Kier alpha value is -2.33. The summed E-state index contributed by atoms with van der Waals surface area (Å²) in [4.78, 5) is 0. The molecule has 2 aromatic carbocycles. The monoisotopic (exact) mass is 322 g/mol. The van der Waals surface area contributed by atoms with Gasteiger partial charge in [0.15, 0.2) is 5.11 Å². The van der Waals surface area contributed by atoms with E-state index in [1.807, 2.05) is 18.2 Å². The van der Waals surface area contributed by atoms with Gasteiger partial charge >= 0.3 is 0 Å². The van der Waals surface area contributed by atoms with Gasteiger partial charge in [-0.3, -0.25) is 0 Å². The molecule has 2 aromatic rings. The first-order chi connectivity index (χ1) is 11.3. The van der Waals surface area contributed by atoms with E-state index in [0.717, 1.165) is 29.9 Å². The van der Waals surface area contributed by atoms with Crippen LogP contribution in [0.4, 0.5) is 0 Å². The molecule has 4 heteroatoms. The topological polar surface area (TPSA) is 33.3 Å². The van der Waals surface area contributed by atoms with Crippen LogP contribution < -0.4 is 15.4 Å². The number of hydrogen-bond acceptors (Lipinski definition) is 2. The first kappa shape index (κ1) is 14.3. The highest BCUT2D eigenvalue weighted by Gasteiger charge is 2.31. The molecule has 0 bridgehead atoms. The zero-order valence-electron chi connectivity index (χ0n) is 12.9. The van der Waals surface area contributed by atoms with Gasteiger partial charge in [0, 0.05) is 16.8 Å². The van der Waals surface area contributed by atoms with Gasteiger partial charge in [-0.25, -0.2) is 0 Å². The number of fused-ring (bicyclic) bond motifs is 2. The standard InChI is InChI=1S/C19H18N2OS/c1-22-16-9-5-4-8-14(16)18-15-11-10-12-6-2-3-7-13(12)17(15)20-19(23)21-18/h2-9,18H,10-11H2,1H3,(H2,20,21,23)/t18-/m0/s1. The SMILES string of the molecule is COc1ccccc1[C@@H]1NC(=S)NC2=C1CCc1ccccc12. The molecule has 4 rings (SSSR count). The number of hydrogen-bond donors (Lipinski definition) is 2. The van der Waals surface area contributed by atoms with Crippen molar-refractivity contribution in [1.82, 2.24) is 10.6 Å². The van der Waals surface area contributed by atoms with Crippen LogP contribution in [0.5, 0.6) is 5.75 Å². The first-order valence-corrected chi connectivity index (χ1v) is 8.20. The molecule has 116 valence electrons. The van der Waals surface area contributed by atoms with Crippen LogP contribution in [-0.4, -0.2) is 12.2 Å². The van der Waals surface area contributed by atoms with E-state index in [1.54, 1.807) is 7.11 Å². The molecule has 2 N–H and O–H groups in total. The molecule has 3 nitrogen and oxygen atoms in total. The largest absolute Gasteiger partial charge is 0.496 e. The third-order valence-electron chi connectivity index (χ3n) is 4.58. The van der Waals surface area contributed by atoms with E-state index in [2.05, 4.69) is 41.0 Å². The molecule has 0 saturated heterocycles. The summed E-state index contributed by atoms with van der Waals surface area (Å²) in [5.74, 6) is 0.889. The van der Waals surface area contributed by atoms with E-state index in [1.165, 1.54) is 16.7 Å². The lowest BCUT2D eigenvalue weighted by atomic mass is 9.82. The van der Waals surface area contributed by atoms with E-state index in [-0.39, 0.29) is 6.04 Å². The van der Waals surface area contributed by atoms with Crippen molar-refractivity contribution >= 4 is 23.0 Å². The fourth-order valence-corrected chi connectivity index (χ4v) is 3.74. The Morgan fingerprint density at radius 3 is 2.70 bits per heavy atom. The molecule has 1 aliphatic carbocycles. The Bertz CT molecular complexity index is 813. The minimum absolute atomic E-state index is 0.0586. The number of aryl methyl sites for hydroxylation is 1. The van der Waals surface area contributed by atoms with Gasteiger partial charge in [-0.15, -0.1) is 0 Å². The minimum Gasteiger partial charge on any atom is -0.496 e. The molecule has 0 radical (unpaired) electrons. The Morgan fingerprint density at radius 1 is 1.04 bits per heavy atom. The second kappa shape index (κ2) is 5.70. The summed E-state index contributed by atoms with van der Waals surface area (Å²) in [6.07, 6.45) is 2.06. The van der Waals surface area contributed by atoms with Crippen LogP contribution in [0, 0.1) is 0 Å². The number of nitrogens with one attached hydrogen (secondary N) is 2. The Balaban J connectivity index is 1.87. The maximum absolute atomic E-state index is 5.56. The molecule has 0 saturated carbocycles. The van der Waals surface area contributed by atoms with Gasteiger partial charge in [0.25, 0.3) is 0 Å². The lowest BCUT2D eigenvalue weighted by molar-refractivity contribution is 0.405. The van der Waals surface area contributed by atoms with Gasteiger partial charge < -0.3 is 15.4 Å². The zero-order valence-corrected chi connectivity index (χ0v) is 13.7. The van der Waals surface area contributed by atoms with Crippen LogP contribution in [0.1, 0.15) is 29.2 Å². The molecule has 0 fully saturated rings. The van der Waals surface area contributed by atoms with E-state index in [9.17, 15) is 0 Å². The highest BCUT2D eigenvalue weighted by Crippen LogP contribution is 2.40.